The van der Waals surface area contributed by atoms with Crippen molar-refractivity contribution >= 4 is 45.3 Å². The van der Waals surface area contributed by atoms with E-state index in [4.69, 9.17) is 20.7 Å². The van der Waals surface area contributed by atoms with Crippen molar-refractivity contribution in [2.24, 2.45) is 0 Å². The molecule has 0 aliphatic rings. The van der Waals surface area contributed by atoms with Crippen LogP contribution >= 0.6 is 0 Å². The minimum absolute atomic E-state index is 0.0376. The Bertz CT molecular complexity index is 1440. The van der Waals surface area contributed by atoms with Crippen LogP contribution in [0.5, 0.6) is 0 Å². The number of nitriles is 1. The summed E-state index contributed by atoms with van der Waals surface area (Å²) in [6.45, 7) is 7.01. The summed E-state index contributed by atoms with van der Waals surface area (Å²) in [5.41, 5.74) is 4.88. The Balaban J connectivity index is 1.62. The first kappa shape index (κ1) is 18.3. The number of benzene rings is 3. The van der Waals surface area contributed by atoms with E-state index in [1.165, 1.54) is 6.08 Å². The Labute approximate surface area is 178 Å². The van der Waals surface area contributed by atoms with Crippen LogP contribution < -0.4 is 4.90 Å². The predicted molar refractivity (Wildman–Crippen MR) is 121 cm³/mol. The Kier molecular flexibility index (Phi) is 4.48. The highest BCUT2D eigenvalue weighted by Crippen LogP contribution is 2.39. The molecule has 0 aliphatic carbocycles. The molecule has 0 fully saturated rings. The van der Waals surface area contributed by atoms with E-state index in [9.17, 15) is 0 Å². The quantitative estimate of drug-likeness (QED) is 0.232. The second-order valence-electron chi connectivity index (χ2n) is 6.88. The minimum Gasteiger partial charge on any atom is -0.454 e. The Morgan fingerprint density at radius 2 is 1.52 bits per heavy atom. The van der Waals surface area contributed by atoms with Gasteiger partial charge in [0.2, 0.25) is 0 Å². The fraction of sp³-hybridized carbons (Fsp3) is 0. The lowest BCUT2D eigenvalue weighted by atomic mass is 10.1. The van der Waals surface area contributed by atoms with Gasteiger partial charge in [-0.2, -0.15) is 0 Å². The van der Waals surface area contributed by atoms with E-state index in [2.05, 4.69) is 34.0 Å². The molecular formula is C26H15N3O2. The van der Waals surface area contributed by atoms with Gasteiger partial charge in [-0.05, 0) is 42.5 Å². The molecule has 0 saturated carbocycles. The third-order valence-electron chi connectivity index (χ3n) is 4.95. The van der Waals surface area contributed by atoms with Gasteiger partial charge in [0.25, 0.3) is 5.70 Å². The van der Waals surface area contributed by atoms with Crippen LogP contribution in [0.4, 0.5) is 17.1 Å². The first-order valence-corrected chi connectivity index (χ1v) is 9.62. The van der Waals surface area contributed by atoms with Gasteiger partial charge < -0.3 is 13.7 Å². The van der Waals surface area contributed by atoms with Crippen molar-refractivity contribution in [1.82, 2.24) is 0 Å². The molecule has 0 radical (unpaired) electrons. The molecule has 31 heavy (non-hydrogen) atoms. The standard InChI is InChI=1S/C26H15N3O2/c1-28-18(17-27)14-22-16-25-26(30-22)23-13-12-21(15-24(23)31-25)29(19-8-4-2-5-9-19)20-10-6-3-7-11-20/h2-16H/b18-14-. The molecule has 146 valence electrons. The van der Waals surface area contributed by atoms with Gasteiger partial charge in [0.1, 0.15) is 11.3 Å². The van der Waals surface area contributed by atoms with Gasteiger partial charge in [-0.15, -0.1) is 0 Å². The number of nitrogens with zero attached hydrogens (tertiary/aromatic N) is 3. The molecule has 5 heteroatoms. The Hall–Kier alpha value is -4.74. The van der Waals surface area contributed by atoms with Crippen LogP contribution in [0, 0.1) is 17.9 Å². The molecule has 3 aromatic carbocycles. The summed E-state index contributed by atoms with van der Waals surface area (Å²) in [4.78, 5) is 5.32. The number of hydrogen-bond donors (Lipinski definition) is 0. The first-order chi connectivity index (χ1) is 15.3. The maximum Gasteiger partial charge on any atom is 0.265 e. The molecule has 0 unspecified atom stereocenters. The largest absolute Gasteiger partial charge is 0.454 e. The van der Waals surface area contributed by atoms with Gasteiger partial charge in [0, 0.05) is 29.2 Å². The molecular weight excluding hydrogens is 386 g/mol. The fourth-order valence-corrected chi connectivity index (χ4v) is 3.59. The van der Waals surface area contributed by atoms with Crippen molar-refractivity contribution in [1.29, 1.82) is 5.26 Å². The molecule has 0 N–H and O–H groups in total. The summed E-state index contributed by atoms with van der Waals surface area (Å²) in [5, 5.41) is 9.79. The van der Waals surface area contributed by atoms with E-state index in [1.54, 1.807) is 6.07 Å². The summed E-state index contributed by atoms with van der Waals surface area (Å²) >= 11 is 0. The van der Waals surface area contributed by atoms with Crippen LogP contribution in [0.1, 0.15) is 5.76 Å². The van der Waals surface area contributed by atoms with Crippen LogP contribution in [0.2, 0.25) is 0 Å². The van der Waals surface area contributed by atoms with E-state index in [0.717, 1.165) is 22.4 Å². The van der Waals surface area contributed by atoms with Crippen LogP contribution in [-0.4, -0.2) is 0 Å². The number of para-hydroxylation sites is 2. The minimum atomic E-state index is -0.0376. The number of allylic oxidation sites excluding steroid dienone is 1. The molecule has 0 bridgehead atoms. The molecule has 2 heterocycles. The molecule has 0 amide bonds. The highest BCUT2D eigenvalue weighted by atomic mass is 16.4. The van der Waals surface area contributed by atoms with Crippen molar-refractivity contribution in [2.75, 3.05) is 4.90 Å². The smallest absolute Gasteiger partial charge is 0.265 e. The molecule has 5 rings (SSSR count). The molecule has 2 aromatic heterocycles. The SMILES string of the molecule is [C-]#[N+]/C(C#N)=C\c1cc2oc3cc(N(c4ccccc4)c4ccccc4)ccc3c2o1. The maximum absolute atomic E-state index is 8.95. The lowest BCUT2D eigenvalue weighted by Gasteiger charge is -2.25. The summed E-state index contributed by atoms with van der Waals surface area (Å²) in [7, 11) is 0. The summed E-state index contributed by atoms with van der Waals surface area (Å²) in [6.07, 6.45) is 1.41. The predicted octanol–water partition coefficient (Wildman–Crippen LogP) is 7.43. The van der Waals surface area contributed by atoms with Gasteiger partial charge in [-0.1, -0.05) is 36.4 Å². The monoisotopic (exact) mass is 401 g/mol. The number of furan rings is 2. The van der Waals surface area contributed by atoms with Crippen LogP contribution in [0.15, 0.2) is 99.5 Å². The number of fused-ring (bicyclic) bond motifs is 3. The second-order valence-corrected chi connectivity index (χ2v) is 6.88. The fourth-order valence-electron chi connectivity index (χ4n) is 3.59. The second kappa shape index (κ2) is 7.59. The van der Waals surface area contributed by atoms with E-state index < -0.39 is 0 Å². The third kappa shape index (κ3) is 3.31. The highest BCUT2D eigenvalue weighted by molar-refractivity contribution is 6.03. The first-order valence-electron chi connectivity index (χ1n) is 9.62. The normalized spacial score (nSPS) is 11.4. The topological polar surface area (TPSA) is 57.7 Å². The lowest BCUT2D eigenvalue weighted by Crippen LogP contribution is -2.09. The van der Waals surface area contributed by atoms with Gasteiger partial charge in [-0.25, -0.2) is 10.1 Å². The maximum atomic E-state index is 8.95. The zero-order valence-corrected chi connectivity index (χ0v) is 16.3. The number of anilines is 3. The molecule has 0 saturated heterocycles. The average Bonchev–Trinajstić information content (AvgIpc) is 3.36. The van der Waals surface area contributed by atoms with Crippen molar-refractivity contribution in [2.45, 2.75) is 0 Å². The van der Waals surface area contributed by atoms with Gasteiger partial charge in [0.05, 0.1) is 18.0 Å². The molecule has 0 spiro atoms. The van der Waals surface area contributed by atoms with Crippen molar-refractivity contribution in [3.05, 3.63) is 108 Å². The molecule has 0 aliphatic heterocycles. The zero-order chi connectivity index (χ0) is 21.2. The van der Waals surface area contributed by atoms with Crippen molar-refractivity contribution < 1.29 is 8.83 Å². The van der Waals surface area contributed by atoms with E-state index in [-0.39, 0.29) is 5.70 Å². The van der Waals surface area contributed by atoms with Crippen LogP contribution in [0.3, 0.4) is 0 Å². The molecule has 0 atom stereocenters. The average molecular weight is 401 g/mol. The molecule has 5 nitrogen and oxygen atoms in total. The summed E-state index contributed by atoms with van der Waals surface area (Å²) < 4.78 is 11.9. The van der Waals surface area contributed by atoms with Crippen molar-refractivity contribution in [3.8, 4) is 6.07 Å². The van der Waals surface area contributed by atoms with Crippen molar-refractivity contribution in [3.63, 3.8) is 0 Å². The molecule has 5 aromatic rings. The van der Waals surface area contributed by atoms with E-state index >= 15 is 0 Å². The highest BCUT2D eigenvalue weighted by Gasteiger charge is 2.17. The lowest BCUT2D eigenvalue weighted by molar-refractivity contribution is 0.605. The van der Waals surface area contributed by atoms with Crippen LogP contribution in [-0.2, 0) is 0 Å². The zero-order valence-electron chi connectivity index (χ0n) is 16.3. The number of hydrogen-bond acceptors (Lipinski definition) is 4. The van der Waals surface area contributed by atoms with Gasteiger partial charge >= 0.3 is 0 Å². The van der Waals surface area contributed by atoms with E-state index in [0.29, 0.717) is 22.5 Å². The third-order valence-corrected chi connectivity index (χ3v) is 4.95. The van der Waals surface area contributed by atoms with Gasteiger partial charge in [-0.3, -0.25) is 0 Å². The summed E-state index contributed by atoms with van der Waals surface area (Å²) in [6, 6.07) is 29.8. The van der Waals surface area contributed by atoms with Gasteiger partial charge in [0.15, 0.2) is 11.2 Å². The number of rotatable bonds is 4. The Morgan fingerprint density at radius 1 is 0.839 bits per heavy atom. The summed E-state index contributed by atoms with van der Waals surface area (Å²) in [5.74, 6) is 0.419. The van der Waals surface area contributed by atoms with E-state index in [1.807, 2.05) is 60.7 Å². The Morgan fingerprint density at radius 3 is 2.13 bits per heavy atom. The van der Waals surface area contributed by atoms with Crippen LogP contribution in [0.25, 0.3) is 33.1 Å².